The summed E-state index contributed by atoms with van der Waals surface area (Å²) in [5.41, 5.74) is 0.950. The van der Waals surface area contributed by atoms with Crippen LogP contribution in [0.3, 0.4) is 0 Å². The molecule has 1 aliphatic carbocycles. The lowest BCUT2D eigenvalue weighted by atomic mass is 10.0. The van der Waals surface area contributed by atoms with E-state index in [-0.39, 0.29) is 30.0 Å². The molecule has 11 nitrogen and oxygen atoms in total. The van der Waals surface area contributed by atoms with E-state index in [1.165, 1.54) is 6.07 Å². The first kappa shape index (κ1) is 20.8. The highest BCUT2D eigenvalue weighted by Crippen LogP contribution is 2.36. The molecular weight excluding hydrogens is 398 g/mol. The molecule has 0 radical (unpaired) electrons. The normalized spacial score (nSPS) is 19.2. The summed E-state index contributed by atoms with van der Waals surface area (Å²) in [6, 6.07) is 5.03. The van der Waals surface area contributed by atoms with Crippen LogP contribution >= 0.6 is 0 Å². The van der Waals surface area contributed by atoms with Gasteiger partial charge in [0.05, 0.1) is 6.26 Å². The first-order valence-electron chi connectivity index (χ1n) is 9.29. The summed E-state index contributed by atoms with van der Waals surface area (Å²) in [4.78, 5) is 11.7. The zero-order valence-electron chi connectivity index (χ0n) is 16.5. The van der Waals surface area contributed by atoms with Crippen LogP contribution in [0.1, 0.15) is 44.7 Å². The quantitative estimate of drug-likeness (QED) is 0.528. The third-order valence-electron chi connectivity index (χ3n) is 4.31. The molecule has 0 aliphatic heterocycles. The molecule has 1 aliphatic rings. The molecule has 2 aromatic heterocycles. The fraction of sp³-hybridized carbons (Fsp3) is 0.529. The van der Waals surface area contributed by atoms with Crippen LogP contribution < -0.4 is 15.4 Å². The van der Waals surface area contributed by atoms with Gasteiger partial charge in [-0.1, -0.05) is 0 Å². The van der Waals surface area contributed by atoms with Gasteiger partial charge in [-0.05, 0) is 45.2 Å². The Labute approximate surface area is 169 Å². The second-order valence-electron chi connectivity index (χ2n) is 7.35. The molecule has 1 fully saturated rings. The van der Waals surface area contributed by atoms with Crippen LogP contribution in [-0.4, -0.2) is 53.3 Å². The van der Waals surface area contributed by atoms with Crippen LogP contribution in [0.5, 0.6) is 0 Å². The summed E-state index contributed by atoms with van der Waals surface area (Å²) in [7, 11) is -3.40. The van der Waals surface area contributed by atoms with E-state index < -0.39 is 10.0 Å². The maximum absolute atomic E-state index is 11.7. The maximum atomic E-state index is 11.7. The zero-order valence-corrected chi connectivity index (χ0v) is 17.3. The number of hydrogen-bond donors (Lipinski definition) is 4. The van der Waals surface area contributed by atoms with E-state index in [4.69, 9.17) is 4.74 Å². The molecule has 0 aromatic carbocycles. The number of rotatable bonds is 7. The van der Waals surface area contributed by atoms with Crippen LogP contribution in [0, 0.1) is 0 Å². The van der Waals surface area contributed by atoms with Gasteiger partial charge in [0.25, 0.3) is 0 Å². The van der Waals surface area contributed by atoms with Gasteiger partial charge in [-0.25, -0.2) is 13.2 Å². The molecule has 1 amide bonds. The number of aromatic amines is 1. The van der Waals surface area contributed by atoms with Crippen LogP contribution in [0.25, 0.3) is 0 Å². The standard InChI is InChI=1S/C17H25N7O4S/c1-10(2)18-17(25)28-12-5-4-11(8-12)13-9-16(23-20-13)19-14-6-7-15(22-21-14)24-29(3,26)27/h6-7,9-12H,4-5,8H2,1-3H3,(H,18,25)(H,22,24)(H2,19,20,21,23). The second-order valence-corrected chi connectivity index (χ2v) is 9.10. The Bertz CT molecular complexity index is 943. The van der Waals surface area contributed by atoms with Crippen molar-refractivity contribution in [3.63, 3.8) is 0 Å². The van der Waals surface area contributed by atoms with Crippen molar-refractivity contribution in [3.8, 4) is 0 Å². The van der Waals surface area contributed by atoms with Gasteiger partial charge in [-0.3, -0.25) is 9.82 Å². The van der Waals surface area contributed by atoms with Gasteiger partial charge in [0.2, 0.25) is 10.0 Å². The second kappa shape index (κ2) is 8.64. The number of anilines is 3. The fourth-order valence-corrected chi connectivity index (χ4v) is 3.62. The lowest BCUT2D eigenvalue weighted by Gasteiger charge is -2.14. The molecule has 12 heteroatoms. The van der Waals surface area contributed by atoms with Crippen molar-refractivity contribution in [2.24, 2.45) is 0 Å². The third kappa shape index (κ3) is 6.31. The van der Waals surface area contributed by atoms with Crippen LogP contribution in [-0.2, 0) is 14.8 Å². The molecule has 2 aromatic rings. The molecule has 2 atom stereocenters. The number of sulfonamides is 1. The smallest absolute Gasteiger partial charge is 0.407 e. The van der Waals surface area contributed by atoms with E-state index in [1.54, 1.807) is 6.07 Å². The van der Waals surface area contributed by atoms with E-state index in [2.05, 4.69) is 35.8 Å². The summed E-state index contributed by atoms with van der Waals surface area (Å²) >= 11 is 0. The van der Waals surface area contributed by atoms with E-state index in [9.17, 15) is 13.2 Å². The van der Waals surface area contributed by atoms with Gasteiger partial charge >= 0.3 is 6.09 Å². The van der Waals surface area contributed by atoms with E-state index in [0.29, 0.717) is 11.6 Å². The minimum absolute atomic E-state index is 0.0419. The molecule has 0 spiro atoms. The number of aromatic nitrogens is 4. The predicted molar refractivity (Wildman–Crippen MR) is 108 cm³/mol. The van der Waals surface area contributed by atoms with Crippen LogP contribution in [0.15, 0.2) is 18.2 Å². The average molecular weight is 423 g/mol. The Hall–Kier alpha value is -2.89. The van der Waals surface area contributed by atoms with Gasteiger partial charge in [-0.15, -0.1) is 10.2 Å². The molecule has 3 rings (SSSR count). The average Bonchev–Trinajstić information content (AvgIpc) is 3.24. The molecule has 4 N–H and O–H groups in total. The third-order valence-corrected chi connectivity index (χ3v) is 4.89. The number of alkyl carbamates (subject to hydrolysis) is 1. The first-order chi connectivity index (χ1) is 13.7. The summed E-state index contributed by atoms with van der Waals surface area (Å²) < 4.78 is 30.1. The predicted octanol–water partition coefficient (Wildman–Crippen LogP) is 2.09. The Morgan fingerprint density at radius 2 is 1.93 bits per heavy atom. The van der Waals surface area contributed by atoms with Crippen molar-refractivity contribution in [1.82, 2.24) is 25.7 Å². The van der Waals surface area contributed by atoms with E-state index >= 15 is 0 Å². The van der Waals surface area contributed by atoms with Crippen molar-refractivity contribution < 1.29 is 17.9 Å². The minimum Gasteiger partial charge on any atom is -0.446 e. The molecule has 2 heterocycles. The Kier molecular flexibility index (Phi) is 6.20. The zero-order chi connectivity index (χ0) is 21.0. The molecular formula is C17H25N7O4S. The first-order valence-corrected chi connectivity index (χ1v) is 11.2. The van der Waals surface area contributed by atoms with E-state index in [0.717, 1.165) is 31.2 Å². The highest BCUT2D eigenvalue weighted by atomic mass is 32.2. The Morgan fingerprint density at radius 3 is 2.59 bits per heavy atom. The monoisotopic (exact) mass is 423 g/mol. The van der Waals surface area contributed by atoms with Crippen molar-refractivity contribution >= 4 is 33.6 Å². The van der Waals surface area contributed by atoms with Crippen molar-refractivity contribution in [3.05, 3.63) is 23.9 Å². The number of nitrogens with one attached hydrogen (secondary N) is 4. The Morgan fingerprint density at radius 1 is 1.21 bits per heavy atom. The van der Waals surface area contributed by atoms with Gasteiger partial charge in [0.1, 0.15) is 6.10 Å². The number of amides is 1. The number of hydrogen-bond acceptors (Lipinski definition) is 8. The van der Waals surface area contributed by atoms with Crippen molar-refractivity contribution in [2.45, 2.75) is 51.2 Å². The highest BCUT2D eigenvalue weighted by Gasteiger charge is 2.30. The highest BCUT2D eigenvalue weighted by molar-refractivity contribution is 7.92. The molecule has 158 valence electrons. The summed E-state index contributed by atoms with van der Waals surface area (Å²) in [6.45, 7) is 3.77. The topological polar surface area (TPSA) is 151 Å². The SMILES string of the molecule is CC(C)NC(=O)OC1CCC(c2cc(Nc3ccc(NS(C)(=O)=O)nn3)n[nH]2)C1. The molecule has 29 heavy (non-hydrogen) atoms. The maximum Gasteiger partial charge on any atom is 0.407 e. The number of ether oxygens (including phenoxy) is 1. The largest absolute Gasteiger partial charge is 0.446 e. The Balaban J connectivity index is 1.54. The molecule has 0 saturated heterocycles. The summed E-state index contributed by atoms with van der Waals surface area (Å²) in [6.07, 6.45) is 2.98. The van der Waals surface area contributed by atoms with Crippen LogP contribution in [0.4, 0.5) is 22.2 Å². The van der Waals surface area contributed by atoms with Gasteiger partial charge in [0.15, 0.2) is 17.5 Å². The molecule has 1 saturated carbocycles. The van der Waals surface area contributed by atoms with Crippen molar-refractivity contribution in [2.75, 3.05) is 16.3 Å². The number of nitrogens with zero attached hydrogens (tertiary/aromatic N) is 3. The van der Waals surface area contributed by atoms with Crippen LogP contribution in [0.2, 0.25) is 0 Å². The summed E-state index contributed by atoms with van der Waals surface area (Å²) in [5, 5.41) is 20.7. The van der Waals surface area contributed by atoms with Crippen molar-refractivity contribution in [1.29, 1.82) is 0 Å². The number of carbonyl (C=O) groups excluding carboxylic acids is 1. The lowest BCUT2D eigenvalue weighted by Crippen LogP contribution is -2.33. The lowest BCUT2D eigenvalue weighted by molar-refractivity contribution is 0.0981. The number of carbonyl (C=O) groups is 1. The number of H-pyrrole nitrogens is 1. The fourth-order valence-electron chi connectivity index (χ4n) is 3.14. The molecule has 0 bridgehead atoms. The molecule has 2 unspecified atom stereocenters. The van der Waals surface area contributed by atoms with Gasteiger partial charge in [-0.2, -0.15) is 5.10 Å². The summed E-state index contributed by atoms with van der Waals surface area (Å²) in [5.74, 6) is 1.36. The van der Waals surface area contributed by atoms with E-state index in [1.807, 2.05) is 19.9 Å². The van der Waals surface area contributed by atoms with Gasteiger partial charge in [0, 0.05) is 23.7 Å². The minimum atomic E-state index is -3.40. The van der Waals surface area contributed by atoms with Gasteiger partial charge < -0.3 is 15.4 Å².